The van der Waals surface area contributed by atoms with Crippen molar-refractivity contribution in [1.82, 2.24) is 4.90 Å². The Morgan fingerprint density at radius 3 is 2.60 bits per heavy atom. The highest BCUT2D eigenvalue weighted by Gasteiger charge is 2.28. The Kier molecular flexibility index (Phi) is 5.44. The second-order valence-electron chi connectivity index (χ2n) is 6.15. The predicted molar refractivity (Wildman–Crippen MR) is 82.5 cm³/mol. The molecule has 1 fully saturated rings. The molecular weight excluding hydrogens is 250 g/mol. The van der Waals surface area contributed by atoms with E-state index in [9.17, 15) is 0 Å². The molecule has 1 aliphatic rings. The van der Waals surface area contributed by atoms with Gasteiger partial charge in [0.2, 0.25) is 0 Å². The number of hydrogen-bond acceptors (Lipinski definition) is 3. The van der Waals surface area contributed by atoms with Crippen molar-refractivity contribution in [3.05, 3.63) is 29.8 Å². The van der Waals surface area contributed by atoms with Crippen LogP contribution in [0, 0.1) is 0 Å². The van der Waals surface area contributed by atoms with Crippen LogP contribution >= 0.6 is 0 Å². The molecule has 0 aromatic heterocycles. The Morgan fingerprint density at radius 2 is 1.95 bits per heavy atom. The van der Waals surface area contributed by atoms with Crippen LogP contribution in [-0.4, -0.2) is 43.3 Å². The molecule has 1 heterocycles. The van der Waals surface area contributed by atoms with Gasteiger partial charge in [0, 0.05) is 19.6 Å². The van der Waals surface area contributed by atoms with E-state index in [1.165, 1.54) is 5.56 Å². The molecule has 0 unspecified atom stereocenters. The van der Waals surface area contributed by atoms with Gasteiger partial charge in [0.1, 0.15) is 11.9 Å². The maximum Gasteiger partial charge on any atom is 0.124 e. The number of nitrogens with zero attached hydrogens (tertiary/aromatic N) is 1. The van der Waals surface area contributed by atoms with Gasteiger partial charge in [-0.2, -0.15) is 0 Å². The largest absolute Gasteiger partial charge is 0.488 e. The molecule has 3 nitrogen and oxygen atoms in total. The van der Waals surface area contributed by atoms with Crippen molar-refractivity contribution in [2.75, 3.05) is 26.2 Å². The van der Waals surface area contributed by atoms with Gasteiger partial charge in [-0.25, -0.2) is 0 Å². The molecule has 0 spiro atoms. The maximum absolute atomic E-state index is 6.02. The van der Waals surface area contributed by atoms with Crippen LogP contribution in [0.1, 0.15) is 39.2 Å². The number of hydrogen-bond donors (Lipinski definition) is 0. The monoisotopic (exact) mass is 277 g/mol. The third-order valence-corrected chi connectivity index (χ3v) is 3.61. The Morgan fingerprint density at radius 1 is 1.20 bits per heavy atom. The molecule has 0 saturated carbocycles. The maximum atomic E-state index is 6.02. The summed E-state index contributed by atoms with van der Waals surface area (Å²) in [4.78, 5) is 2.37. The molecule has 3 heteroatoms. The summed E-state index contributed by atoms with van der Waals surface area (Å²) in [5.74, 6) is 1.55. The van der Waals surface area contributed by atoms with Crippen LogP contribution in [0.3, 0.4) is 0 Å². The van der Waals surface area contributed by atoms with Gasteiger partial charge in [-0.05, 0) is 37.5 Å². The molecule has 0 amide bonds. The lowest BCUT2D eigenvalue weighted by Crippen LogP contribution is -2.54. The van der Waals surface area contributed by atoms with Gasteiger partial charge in [0.25, 0.3) is 0 Å². The first kappa shape index (κ1) is 15.3. The average molecular weight is 277 g/mol. The summed E-state index contributed by atoms with van der Waals surface area (Å²) in [6, 6.07) is 8.46. The van der Waals surface area contributed by atoms with E-state index in [4.69, 9.17) is 9.47 Å². The Labute approximate surface area is 122 Å². The second-order valence-corrected chi connectivity index (χ2v) is 6.15. The van der Waals surface area contributed by atoms with Crippen LogP contribution in [0.2, 0.25) is 0 Å². The van der Waals surface area contributed by atoms with Crippen LogP contribution in [0.4, 0.5) is 0 Å². The molecule has 112 valence electrons. The number of rotatable bonds is 7. The summed E-state index contributed by atoms with van der Waals surface area (Å²) >= 11 is 0. The second kappa shape index (κ2) is 7.09. The smallest absolute Gasteiger partial charge is 0.124 e. The molecular formula is C17H27NO2. The lowest BCUT2D eigenvalue weighted by atomic mass is 10.0. The first-order chi connectivity index (χ1) is 9.54. The number of benzene rings is 1. The van der Waals surface area contributed by atoms with E-state index < -0.39 is 0 Å². The molecule has 2 rings (SSSR count). The summed E-state index contributed by atoms with van der Waals surface area (Å²) in [6.07, 6.45) is 0.651. The van der Waals surface area contributed by atoms with Crippen molar-refractivity contribution in [3.8, 4) is 5.75 Å². The van der Waals surface area contributed by atoms with Gasteiger partial charge < -0.3 is 9.47 Å². The predicted octanol–water partition coefficient (Wildman–Crippen LogP) is 3.30. The van der Waals surface area contributed by atoms with Gasteiger partial charge in [0.15, 0.2) is 0 Å². The molecule has 20 heavy (non-hydrogen) atoms. The van der Waals surface area contributed by atoms with Gasteiger partial charge >= 0.3 is 0 Å². The number of likely N-dealkylation sites (tertiary alicyclic amines) is 1. The highest BCUT2D eigenvalue weighted by atomic mass is 16.5. The van der Waals surface area contributed by atoms with E-state index >= 15 is 0 Å². The van der Waals surface area contributed by atoms with Crippen molar-refractivity contribution >= 4 is 0 Å². The van der Waals surface area contributed by atoms with E-state index in [0.29, 0.717) is 18.1 Å². The van der Waals surface area contributed by atoms with E-state index in [1.807, 2.05) is 0 Å². The molecule has 1 saturated heterocycles. The summed E-state index contributed by atoms with van der Waals surface area (Å²) in [5.41, 5.74) is 1.34. The summed E-state index contributed by atoms with van der Waals surface area (Å²) in [6.45, 7) is 12.4. The SMILES string of the molecule is CC(C)OCCN1CC(Oc2cccc(C(C)C)c2)C1. The summed E-state index contributed by atoms with van der Waals surface area (Å²) < 4.78 is 11.6. The van der Waals surface area contributed by atoms with E-state index in [0.717, 1.165) is 32.0 Å². The minimum absolute atomic E-state index is 0.321. The zero-order valence-corrected chi connectivity index (χ0v) is 13.1. The fourth-order valence-electron chi connectivity index (χ4n) is 2.34. The molecule has 0 N–H and O–H groups in total. The van der Waals surface area contributed by atoms with Gasteiger partial charge in [-0.3, -0.25) is 4.90 Å². The van der Waals surface area contributed by atoms with E-state index in [-0.39, 0.29) is 0 Å². The quantitative estimate of drug-likeness (QED) is 0.763. The van der Waals surface area contributed by atoms with Gasteiger partial charge in [-0.1, -0.05) is 26.0 Å². The van der Waals surface area contributed by atoms with Crippen LogP contribution in [0.25, 0.3) is 0 Å². The first-order valence-electron chi connectivity index (χ1n) is 7.65. The van der Waals surface area contributed by atoms with E-state index in [2.05, 4.69) is 56.9 Å². The summed E-state index contributed by atoms with van der Waals surface area (Å²) in [5, 5.41) is 0. The third kappa shape index (κ3) is 4.50. The standard InChI is InChI=1S/C17H27NO2/c1-13(2)15-6-5-7-16(10-15)20-17-11-18(12-17)8-9-19-14(3)4/h5-7,10,13-14,17H,8-9,11-12H2,1-4H3. The lowest BCUT2D eigenvalue weighted by molar-refractivity contribution is -0.0101. The topological polar surface area (TPSA) is 21.7 Å². The molecule has 0 atom stereocenters. The first-order valence-corrected chi connectivity index (χ1v) is 7.65. The zero-order valence-electron chi connectivity index (χ0n) is 13.1. The highest BCUT2D eigenvalue weighted by molar-refractivity contribution is 5.30. The molecule has 0 bridgehead atoms. The average Bonchev–Trinajstić information content (AvgIpc) is 2.35. The normalized spacial score (nSPS) is 16.7. The van der Waals surface area contributed by atoms with Crippen molar-refractivity contribution in [1.29, 1.82) is 0 Å². The molecule has 0 aliphatic carbocycles. The fraction of sp³-hybridized carbons (Fsp3) is 0.647. The van der Waals surface area contributed by atoms with Crippen molar-refractivity contribution in [3.63, 3.8) is 0 Å². The molecule has 1 aliphatic heterocycles. The van der Waals surface area contributed by atoms with Crippen molar-refractivity contribution in [2.45, 2.75) is 45.8 Å². The fourth-order valence-corrected chi connectivity index (χ4v) is 2.34. The Hall–Kier alpha value is -1.06. The minimum atomic E-state index is 0.321. The third-order valence-electron chi connectivity index (χ3n) is 3.61. The Balaban J connectivity index is 1.70. The Bertz CT molecular complexity index is 411. The summed E-state index contributed by atoms with van der Waals surface area (Å²) in [7, 11) is 0. The minimum Gasteiger partial charge on any atom is -0.488 e. The van der Waals surface area contributed by atoms with Crippen LogP contribution in [0.15, 0.2) is 24.3 Å². The highest BCUT2D eigenvalue weighted by Crippen LogP contribution is 2.23. The van der Waals surface area contributed by atoms with Crippen LogP contribution < -0.4 is 4.74 Å². The van der Waals surface area contributed by atoms with Gasteiger partial charge in [-0.15, -0.1) is 0 Å². The molecule has 1 aromatic rings. The van der Waals surface area contributed by atoms with Crippen LogP contribution in [0.5, 0.6) is 5.75 Å². The van der Waals surface area contributed by atoms with E-state index in [1.54, 1.807) is 0 Å². The molecule has 0 radical (unpaired) electrons. The molecule has 1 aromatic carbocycles. The van der Waals surface area contributed by atoms with Crippen LogP contribution in [-0.2, 0) is 4.74 Å². The lowest BCUT2D eigenvalue weighted by Gasteiger charge is -2.39. The van der Waals surface area contributed by atoms with Crippen molar-refractivity contribution in [2.24, 2.45) is 0 Å². The van der Waals surface area contributed by atoms with Gasteiger partial charge in [0.05, 0.1) is 12.7 Å². The zero-order chi connectivity index (χ0) is 14.5. The number of ether oxygens (including phenoxy) is 2. The van der Waals surface area contributed by atoms with Crippen molar-refractivity contribution < 1.29 is 9.47 Å².